The second kappa shape index (κ2) is 9.26. The second-order valence-electron chi connectivity index (χ2n) is 9.10. The molecule has 4 aromatic carbocycles. The Labute approximate surface area is 206 Å². The van der Waals surface area contributed by atoms with Gasteiger partial charge in [0, 0.05) is 5.69 Å². The molecular formula is C30H31NO4. The van der Waals surface area contributed by atoms with Crippen molar-refractivity contribution in [2.75, 3.05) is 4.90 Å². The first kappa shape index (κ1) is 24.0. The van der Waals surface area contributed by atoms with Gasteiger partial charge in [0.05, 0.1) is 11.4 Å². The van der Waals surface area contributed by atoms with Crippen molar-refractivity contribution in [1.82, 2.24) is 0 Å². The van der Waals surface area contributed by atoms with E-state index in [9.17, 15) is 15.3 Å². The number of aromatic hydroxyl groups is 3. The number of hydrogen-bond acceptors (Lipinski definition) is 5. The zero-order valence-electron chi connectivity index (χ0n) is 21.0. The van der Waals surface area contributed by atoms with Crippen molar-refractivity contribution in [1.29, 1.82) is 0 Å². The molecule has 4 rings (SSSR count). The van der Waals surface area contributed by atoms with Crippen molar-refractivity contribution in [3.63, 3.8) is 0 Å². The van der Waals surface area contributed by atoms with Crippen LogP contribution in [0.5, 0.6) is 28.7 Å². The quantitative estimate of drug-likeness (QED) is 0.277. The Kier molecular flexibility index (Phi) is 6.35. The van der Waals surface area contributed by atoms with E-state index in [1.165, 1.54) is 0 Å². The molecule has 0 unspecified atom stereocenters. The average Bonchev–Trinajstić information content (AvgIpc) is 2.84. The van der Waals surface area contributed by atoms with Gasteiger partial charge in [-0.25, -0.2) is 0 Å². The van der Waals surface area contributed by atoms with Gasteiger partial charge in [-0.05, 0) is 99.2 Å². The molecule has 0 radical (unpaired) electrons. The van der Waals surface area contributed by atoms with Gasteiger partial charge in [0.1, 0.15) is 17.2 Å². The van der Waals surface area contributed by atoms with Crippen molar-refractivity contribution in [3.8, 4) is 28.7 Å². The number of phenolic OH excluding ortho intramolecular Hbond substituents is 3. The molecule has 0 atom stereocenters. The molecule has 0 saturated carbocycles. The molecule has 0 bridgehead atoms. The highest BCUT2D eigenvalue weighted by molar-refractivity contribution is 5.87. The number of anilines is 3. The van der Waals surface area contributed by atoms with Crippen LogP contribution in [0.4, 0.5) is 17.1 Å². The fourth-order valence-electron chi connectivity index (χ4n) is 4.18. The summed E-state index contributed by atoms with van der Waals surface area (Å²) >= 11 is 0. The molecule has 35 heavy (non-hydrogen) atoms. The minimum atomic E-state index is 0.122. The Morgan fingerprint density at radius 3 is 1.37 bits per heavy atom. The summed E-state index contributed by atoms with van der Waals surface area (Å²) in [5.41, 5.74) is 6.75. The molecular weight excluding hydrogens is 438 g/mol. The van der Waals surface area contributed by atoms with Crippen LogP contribution >= 0.6 is 0 Å². The molecule has 0 aliphatic rings. The number of nitrogens with zero attached hydrogens (tertiary/aromatic N) is 1. The Balaban J connectivity index is 1.86. The smallest absolute Gasteiger partial charge is 0.172 e. The highest BCUT2D eigenvalue weighted by atomic mass is 16.5. The van der Waals surface area contributed by atoms with E-state index < -0.39 is 0 Å². The van der Waals surface area contributed by atoms with Crippen LogP contribution in [0.25, 0.3) is 0 Å². The minimum absolute atomic E-state index is 0.122. The van der Waals surface area contributed by atoms with Crippen LogP contribution in [0.3, 0.4) is 0 Å². The normalized spacial score (nSPS) is 10.9. The number of hydrogen-bond donors (Lipinski definition) is 3. The Bertz CT molecular complexity index is 1350. The molecule has 0 aliphatic heterocycles. The van der Waals surface area contributed by atoms with Crippen molar-refractivity contribution < 1.29 is 20.1 Å². The summed E-state index contributed by atoms with van der Waals surface area (Å²) in [4.78, 5) is 1.88. The Morgan fingerprint density at radius 2 is 0.886 bits per heavy atom. The van der Waals surface area contributed by atoms with E-state index in [0.29, 0.717) is 22.9 Å². The molecule has 0 fully saturated rings. The van der Waals surface area contributed by atoms with Gasteiger partial charge in [0.2, 0.25) is 0 Å². The maximum Gasteiger partial charge on any atom is 0.172 e. The summed E-state index contributed by atoms with van der Waals surface area (Å²) in [6.45, 7) is 11.3. The van der Waals surface area contributed by atoms with Crippen LogP contribution < -0.4 is 9.64 Å². The van der Waals surface area contributed by atoms with Crippen molar-refractivity contribution in [2.24, 2.45) is 0 Å². The molecule has 5 heteroatoms. The van der Waals surface area contributed by atoms with Gasteiger partial charge in [-0.2, -0.15) is 0 Å². The molecule has 3 N–H and O–H groups in total. The maximum absolute atomic E-state index is 11.1. The third-order valence-corrected chi connectivity index (χ3v) is 6.40. The summed E-state index contributed by atoms with van der Waals surface area (Å²) in [5, 5.41) is 32.6. The summed E-state index contributed by atoms with van der Waals surface area (Å²) in [7, 11) is 0. The molecule has 0 saturated heterocycles. The minimum Gasteiger partial charge on any atom is -0.505 e. The molecule has 0 aliphatic carbocycles. The maximum atomic E-state index is 11.1. The standard InChI is InChI=1S/C30H31NO4/c1-17-7-9-19(3)27(32)25(17)31(26-18(2)8-10-20(4)28(26)33)23-13-15-24(16-14-23)35-30-22(6)12-11-21(5)29(30)34/h7-16,32-34H,1-6H3. The van der Waals surface area contributed by atoms with E-state index in [0.717, 1.165) is 39.1 Å². The van der Waals surface area contributed by atoms with Gasteiger partial charge >= 0.3 is 0 Å². The fourth-order valence-corrected chi connectivity index (χ4v) is 4.18. The molecule has 0 amide bonds. The van der Waals surface area contributed by atoms with E-state index >= 15 is 0 Å². The molecule has 0 aromatic heterocycles. The highest BCUT2D eigenvalue weighted by Crippen LogP contribution is 2.48. The number of phenols is 3. The van der Waals surface area contributed by atoms with Crippen molar-refractivity contribution in [2.45, 2.75) is 41.5 Å². The van der Waals surface area contributed by atoms with Crippen LogP contribution in [0.1, 0.15) is 33.4 Å². The van der Waals surface area contributed by atoms with Crippen molar-refractivity contribution >= 4 is 17.1 Å². The first-order valence-corrected chi connectivity index (χ1v) is 11.6. The van der Waals surface area contributed by atoms with E-state index in [2.05, 4.69) is 0 Å². The Hall–Kier alpha value is -4.12. The zero-order chi connectivity index (χ0) is 25.4. The lowest BCUT2D eigenvalue weighted by molar-refractivity contribution is 0.406. The largest absolute Gasteiger partial charge is 0.505 e. The summed E-state index contributed by atoms with van der Waals surface area (Å²) in [6, 6.07) is 18.8. The van der Waals surface area contributed by atoms with Gasteiger partial charge in [-0.3, -0.25) is 0 Å². The average molecular weight is 470 g/mol. The molecule has 4 aromatic rings. The molecule has 180 valence electrons. The number of rotatable bonds is 5. The Morgan fingerprint density at radius 1 is 0.486 bits per heavy atom. The van der Waals surface area contributed by atoms with Crippen LogP contribution in [-0.4, -0.2) is 15.3 Å². The summed E-state index contributed by atoms with van der Waals surface area (Å²) in [6.07, 6.45) is 0. The van der Waals surface area contributed by atoms with E-state index in [4.69, 9.17) is 4.74 Å². The van der Waals surface area contributed by atoms with E-state index in [1.54, 1.807) is 0 Å². The van der Waals surface area contributed by atoms with Gasteiger partial charge in [-0.1, -0.05) is 36.4 Å². The van der Waals surface area contributed by atoms with Crippen molar-refractivity contribution in [3.05, 3.63) is 94.0 Å². The van der Waals surface area contributed by atoms with Gasteiger partial charge < -0.3 is 25.0 Å². The lowest BCUT2D eigenvalue weighted by Crippen LogP contribution is -2.14. The molecule has 0 heterocycles. The molecule has 0 spiro atoms. The van der Waals surface area contributed by atoms with Crippen LogP contribution in [-0.2, 0) is 0 Å². The number of benzene rings is 4. The van der Waals surface area contributed by atoms with Crippen LogP contribution in [0.15, 0.2) is 60.7 Å². The third-order valence-electron chi connectivity index (χ3n) is 6.40. The number of aryl methyl sites for hydroxylation is 6. The third kappa shape index (κ3) is 4.37. The topological polar surface area (TPSA) is 73.2 Å². The van der Waals surface area contributed by atoms with Crippen LogP contribution in [0.2, 0.25) is 0 Å². The first-order valence-electron chi connectivity index (χ1n) is 11.6. The van der Waals surface area contributed by atoms with Gasteiger partial charge in [0.15, 0.2) is 11.5 Å². The lowest BCUT2D eigenvalue weighted by atomic mass is 10.0. The van der Waals surface area contributed by atoms with E-state index in [1.807, 2.05) is 107 Å². The summed E-state index contributed by atoms with van der Waals surface area (Å²) in [5.74, 6) is 1.43. The monoisotopic (exact) mass is 469 g/mol. The van der Waals surface area contributed by atoms with E-state index in [-0.39, 0.29) is 17.2 Å². The number of ether oxygens (including phenoxy) is 1. The predicted octanol–water partition coefficient (Wildman–Crippen LogP) is 7.92. The van der Waals surface area contributed by atoms with Gasteiger partial charge in [-0.15, -0.1) is 0 Å². The summed E-state index contributed by atoms with van der Waals surface area (Å²) < 4.78 is 6.03. The lowest BCUT2D eigenvalue weighted by Gasteiger charge is -2.30. The second-order valence-corrected chi connectivity index (χ2v) is 9.10. The predicted molar refractivity (Wildman–Crippen MR) is 141 cm³/mol. The van der Waals surface area contributed by atoms with Gasteiger partial charge in [0.25, 0.3) is 0 Å². The van der Waals surface area contributed by atoms with Crippen LogP contribution in [0, 0.1) is 41.5 Å². The molecule has 5 nitrogen and oxygen atoms in total. The zero-order valence-corrected chi connectivity index (χ0v) is 21.0. The highest BCUT2D eigenvalue weighted by Gasteiger charge is 2.24. The fraction of sp³-hybridized carbons (Fsp3) is 0.200. The first-order chi connectivity index (χ1) is 16.6. The SMILES string of the molecule is Cc1ccc(C)c(Oc2ccc(N(c3c(C)ccc(C)c3O)c3c(C)ccc(C)c3O)cc2)c1O.